The summed E-state index contributed by atoms with van der Waals surface area (Å²) in [7, 11) is 0. The van der Waals surface area contributed by atoms with Crippen LogP contribution in [0.15, 0.2) is 18.2 Å². The minimum atomic E-state index is 0.558. The van der Waals surface area contributed by atoms with Crippen molar-refractivity contribution >= 4 is 17.3 Å². The van der Waals surface area contributed by atoms with E-state index in [0.717, 1.165) is 28.5 Å². The Morgan fingerprint density at radius 3 is 2.63 bits per heavy atom. The number of para-hydroxylation sites is 1. The Bertz CT molecular complexity index is 407. The first kappa shape index (κ1) is 14.7. The van der Waals surface area contributed by atoms with E-state index in [1.807, 2.05) is 12.1 Å². The van der Waals surface area contributed by atoms with Crippen molar-refractivity contribution in [2.75, 3.05) is 5.32 Å². The molecule has 0 bridgehead atoms. The highest BCUT2D eigenvalue weighted by atomic mass is 35.5. The Morgan fingerprint density at radius 1 is 1.26 bits per heavy atom. The average molecular weight is 280 g/mol. The Labute approximate surface area is 122 Å². The van der Waals surface area contributed by atoms with Gasteiger partial charge in [0.05, 0.1) is 10.7 Å². The van der Waals surface area contributed by atoms with Crippen molar-refractivity contribution in [2.24, 2.45) is 17.8 Å². The number of rotatable bonds is 3. The Balaban J connectivity index is 2.19. The molecule has 2 rings (SSSR count). The zero-order valence-corrected chi connectivity index (χ0v) is 13.3. The van der Waals surface area contributed by atoms with Crippen LogP contribution in [0.3, 0.4) is 0 Å². The zero-order valence-electron chi connectivity index (χ0n) is 12.5. The van der Waals surface area contributed by atoms with Gasteiger partial charge in [-0.15, -0.1) is 0 Å². The van der Waals surface area contributed by atoms with Gasteiger partial charge >= 0.3 is 0 Å². The van der Waals surface area contributed by atoms with Crippen LogP contribution in [0.2, 0.25) is 5.02 Å². The van der Waals surface area contributed by atoms with E-state index in [2.05, 4.69) is 39.1 Å². The molecule has 1 aliphatic carbocycles. The Morgan fingerprint density at radius 2 is 2.00 bits per heavy atom. The van der Waals surface area contributed by atoms with Crippen LogP contribution in [0.1, 0.15) is 45.6 Å². The number of benzene rings is 1. The van der Waals surface area contributed by atoms with Crippen LogP contribution >= 0.6 is 11.6 Å². The van der Waals surface area contributed by atoms with E-state index in [9.17, 15) is 0 Å². The summed E-state index contributed by atoms with van der Waals surface area (Å²) in [4.78, 5) is 0. The number of aryl methyl sites for hydroxylation is 1. The third-order valence-electron chi connectivity index (χ3n) is 4.57. The van der Waals surface area contributed by atoms with Gasteiger partial charge in [0.15, 0.2) is 0 Å². The lowest BCUT2D eigenvalue weighted by Crippen LogP contribution is -2.38. The van der Waals surface area contributed by atoms with Crippen LogP contribution in [0, 0.1) is 24.7 Å². The molecule has 1 fully saturated rings. The fraction of sp³-hybridized carbons (Fsp3) is 0.647. The van der Waals surface area contributed by atoms with Gasteiger partial charge in [-0.25, -0.2) is 0 Å². The highest BCUT2D eigenvalue weighted by Crippen LogP contribution is 2.37. The maximum Gasteiger partial charge on any atom is 0.0640 e. The molecule has 0 aromatic heterocycles. The van der Waals surface area contributed by atoms with Crippen molar-refractivity contribution < 1.29 is 0 Å². The van der Waals surface area contributed by atoms with Crippen LogP contribution in [0.4, 0.5) is 5.69 Å². The Kier molecular flexibility index (Phi) is 4.78. The van der Waals surface area contributed by atoms with Crippen molar-refractivity contribution in [2.45, 2.75) is 53.0 Å². The van der Waals surface area contributed by atoms with Gasteiger partial charge in [-0.2, -0.15) is 0 Å². The number of hydrogen-bond donors (Lipinski definition) is 1. The minimum Gasteiger partial charge on any atom is -0.381 e. The lowest BCUT2D eigenvalue weighted by Gasteiger charge is -2.38. The summed E-state index contributed by atoms with van der Waals surface area (Å²) in [5.74, 6) is 2.30. The standard InChI is InChI=1S/C17H26ClN/c1-11(2)14-9-8-12(3)10-16(14)19-17-13(4)6-5-7-15(17)18/h5-7,11-12,14,16,19H,8-10H2,1-4H3. The van der Waals surface area contributed by atoms with Crippen molar-refractivity contribution in [3.8, 4) is 0 Å². The molecule has 0 saturated heterocycles. The number of nitrogens with one attached hydrogen (secondary N) is 1. The average Bonchev–Trinajstić information content (AvgIpc) is 2.33. The zero-order chi connectivity index (χ0) is 14.0. The molecule has 1 aliphatic rings. The molecule has 106 valence electrons. The third kappa shape index (κ3) is 3.45. The second-order valence-corrected chi connectivity index (χ2v) is 6.92. The van der Waals surface area contributed by atoms with Gasteiger partial charge in [0, 0.05) is 6.04 Å². The van der Waals surface area contributed by atoms with Crippen molar-refractivity contribution in [1.29, 1.82) is 0 Å². The second kappa shape index (κ2) is 6.17. The predicted octanol–water partition coefficient (Wildman–Crippen LogP) is 5.52. The summed E-state index contributed by atoms with van der Waals surface area (Å²) < 4.78 is 0. The molecule has 1 aromatic rings. The summed E-state index contributed by atoms with van der Waals surface area (Å²) >= 11 is 6.35. The SMILES string of the molecule is Cc1cccc(Cl)c1NC1CC(C)CCC1C(C)C. The van der Waals surface area contributed by atoms with Crippen molar-refractivity contribution in [3.05, 3.63) is 28.8 Å². The molecule has 0 heterocycles. The maximum atomic E-state index is 6.35. The van der Waals surface area contributed by atoms with Crippen molar-refractivity contribution in [1.82, 2.24) is 0 Å². The van der Waals surface area contributed by atoms with Gasteiger partial charge in [0.1, 0.15) is 0 Å². The normalized spacial score (nSPS) is 27.6. The van der Waals surface area contributed by atoms with Gasteiger partial charge in [-0.05, 0) is 49.1 Å². The molecule has 0 radical (unpaired) electrons. The first-order valence-electron chi connectivity index (χ1n) is 7.50. The topological polar surface area (TPSA) is 12.0 Å². The van der Waals surface area contributed by atoms with Crippen LogP contribution in [0.25, 0.3) is 0 Å². The molecule has 1 aromatic carbocycles. The summed E-state index contributed by atoms with van der Waals surface area (Å²) in [6.07, 6.45) is 3.95. The quantitative estimate of drug-likeness (QED) is 0.768. The lowest BCUT2D eigenvalue weighted by atomic mass is 9.74. The summed E-state index contributed by atoms with van der Waals surface area (Å²) in [6, 6.07) is 6.69. The summed E-state index contributed by atoms with van der Waals surface area (Å²) in [6.45, 7) is 9.18. The van der Waals surface area contributed by atoms with E-state index in [1.165, 1.54) is 24.8 Å². The van der Waals surface area contributed by atoms with E-state index in [0.29, 0.717) is 6.04 Å². The first-order chi connectivity index (χ1) is 8.99. The molecule has 3 atom stereocenters. The fourth-order valence-electron chi connectivity index (χ4n) is 3.37. The van der Waals surface area contributed by atoms with Gasteiger partial charge in [-0.3, -0.25) is 0 Å². The lowest BCUT2D eigenvalue weighted by molar-refractivity contribution is 0.212. The number of anilines is 1. The molecule has 1 N–H and O–H groups in total. The molecule has 1 saturated carbocycles. The summed E-state index contributed by atoms with van der Waals surface area (Å²) in [5.41, 5.74) is 2.38. The van der Waals surface area contributed by atoms with Crippen LogP contribution in [-0.2, 0) is 0 Å². The third-order valence-corrected chi connectivity index (χ3v) is 4.89. The van der Waals surface area contributed by atoms with Crippen LogP contribution < -0.4 is 5.32 Å². The van der Waals surface area contributed by atoms with Gasteiger partial charge < -0.3 is 5.32 Å². The van der Waals surface area contributed by atoms with Crippen LogP contribution in [0.5, 0.6) is 0 Å². The first-order valence-corrected chi connectivity index (χ1v) is 7.88. The highest BCUT2D eigenvalue weighted by molar-refractivity contribution is 6.33. The molecular weight excluding hydrogens is 254 g/mol. The maximum absolute atomic E-state index is 6.35. The van der Waals surface area contributed by atoms with E-state index in [4.69, 9.17) is 11.6 Å². The van der Waals surface area contributed by atoms with Gasteiger partial charge in [0.25, 0.3) is 0 Å². The largest absolute Gasteiger partial charge is 0.381 e. The van der Waals surface area contributed by atoms with Crippen LogP contribution in [-0.4, -0.2) is 6.04 Å². The van der Waals surface area contributed by atoms with E-state index in [-0.39, 0.29) is 0 Å². The molecule has 0 amide bonds. The molecule has 19 heavy (non-hydrogen) atoms. The predicted molar refractivity (Wildman–Crippen MR) is 84.9 cm³/mol. The Hall–Kier alpha value is -0.690. The second-order valence-electron chi connectivity index (χ2n) is 6.51. The smallest absolute Gasteiger partial charge is 0.0640 e. The minimum absolute atomic E-state index is 0.558. The molecular formula is C17H26ClN. The molecule has 1 nitrogen and oxygen atoms in total. The molecule has 2 heteroatoms. The van der Waals surface area contributed by atoms with E-state index in [1.54, 1.807) is 0 Å². The summed E-state index contributed by atoms with van der Waals surface area (Å²) in [5, 5.41) is 4.60. The van der Waals surface area contributed by atoms with Gasteiger partial charge in [-0.1, -0.05) is 50.9 Å². The molecule has 0 spiro atoms. The number of halogens is 1. The monoisotopic (exact) mass is 279 g/mol. The van der Waals surface area contributed by atoms with E-state index >= 15 is 0 Å². The van der Waals surface area contributed by atoms with Gasteiger partial charge in [0.2, 0.25) is 0 Å². The van der Waals surface area contributed by atoms with Crippen molar-refractivity contribution in [3.63, 3.8) is 0 Å². The number of hydrogen-bond acceptors (Lipinski definition) is 1. The molecule has 3 unspecified atom stereocenters. The fourth-order valence-corrected chi connectivity index (χ4v) is 3.64. The molecule has 0 aliphatic heterocycles. The van der Waals surface area contributed by atoms with E-state index < -0.39 is 0 Å². The highest BCUT2D eigenvalue weighted by Gasteiger charge is 2.31.